The van der Waals surface area contributed by atoms with Crippen molar-refractivity contribution < 1.29 is 30.8 Å². The molecule has 2 aromatic heterocycles. The molecule has 2 aliphatic rings. The number of nitrogens with zero attached hydrogens (tertiary/aromatic N) is 5. The van der Waals surface area contributed by atoms with E-state index in [0.29, 0.717) is 44.1 Å². The van der Waals surface area contributed by atoms with Gasteiger partial charge in [0.15, 0.2) is 0 Å². The summed E-state index contributed by atoms with van der Waals surface area (Å²) in [5.74, 6) is -1.10. The van der Waals surface area contributed by atoms with Crippen molar-refractivity contribution in [3.05, 3.63) is 70.9 Å². The summed E-state index contributed by atoms with van der Waals surface area (Å²) in [6.45, 7) is 3.54. The van der Waals surface area contributed by atoms with Crippen molar-refractivity contribution in [2.45, 2.75) is 51.1 Å². The molecule has 3 aromatic rings. The number of alkyl halides is 3. The van der Waals surface area contributed by atoms with Crippen LogP contribution in [0.2, 0.25) is 0 Å². The molecule has 5 rings (SSSR count). The van der Waals surface area contributed by atoms with Crippen LogP contribution in [0, 0.1) is 5.82 Å². The Kier molecular flexibility index (Phi) is 7.59. The number of hydrogen-bond acceptors (Lipinski definition) is 8. The normalized spacial score (nSPS) is 19.6. The second kappa shape index (κ2) is 10.9. The molecule has 1 amide bonds. The zero-order chi connectivity index (χ0) is 29.5. The molecule has 0 bridgehead atoms. The molecule has 0 spiro atoms. The van der Waals surface area contributed by atoms with Gasteiger partial charge in [0, 0.05) is 60.9 Å². The van der Waals surface area contributed by atoms with E-state index in [1.807, 2.05) is 6.92 Å². The van der Waals surface area contributed by atoms with Crippen LogP contribution in [0.5, 0.6) is 0 Å². The van der Waals surface area contributed by atoms with E-state index in [-0.39, 0.29) is 35.4 Å². The molecule has 0 unspecified atom stereocenters. The number of amides is 1. The highest BCUT2D eigenvalue weighted by Gasteiger charge is 2.35. The molecule has 41 heavy (non-hydrogen) atoms. The second-order valence-corrected chi connectivity index (χ2v) is 12.0. The largest absolute Gasteiger partial charge is 0.416 e. The minimum atomic E-state index is -4.69. The highest BCUT2D eigenvalue weighted by Crippen LogP contribution is 2.33. The number of carbonyl (C=O) groups excluding carboxylic acids is 1. The smallest absolute Gasteiger partial charge is 0.336 e. The Labute approximate surface area is 233 Å². The Bertz CT molecular complexity index is 1590. The molecule has 1 aromatic carbocycles. The molecule has 10 nitrogen and oxygen atoms in total. The monoisotopic (exact) mass is 593 g/mol. The molecule has 2 atom stereocenters. The van der Waals surface area contributed by atoms with Gasteiger partial charge in [-0.1, -0.05) is 0 Å². The van der Waals surface area contributed by atoms with Crippen molar-refractivity contribution in [2.24, 2.45) is 0 Å². The summed E-state index contributed by atoms with van der Waals surface area (Å²) in [4.78, 5) is 29.8. The van der Waals surface area contributed by atoms with Crippen molar-refractivity contribution in [1.29, 1.82) is 0 Å². The number of halogens is 4. The fraction of sp³-hybridized carbons (Fsp3) is 0.385. The van der Waals surface area contributed by atoms with E-state index in [1.165, 1.54) is 12.3 Å². The fourth-order valence-electron chi connectivity index (χ4n) is 5.21. The van der Waals surface area contributed by atoms with Gasteiger partial charge in [0.1, 0.15) is 11.6 Å². The predicted molar refractivity (Wildman–Crippen MR) is 142 cm³/mol. The lowest BCUT2D eigenvalue weighted by Gasteiger charge is -2.41. The summed E-state index contributed by atoms with van der Waals surface area (Å²) in [7, 11) is -3.53. The highest BCUT2D eigenvalue weighted by molar-refractivity contribution is 7.92. The fourth-order valence-corrected chi connectivity index (χ4v) is 5.70. The number of hydrogen-bond donors (Lipinski definition) is 2. The van der Waals surface area contributed by atoms with Crippen molar-refractivity contribution in [3.63, 3.8) is 0 Å². The number of rotatable bonds is 6. The Morgan fingerprint density at radius 3 is 2.61 bits per heavy atom. The number of anilines is 3. The number of piperidine rings is 1. The summed E-state index contributed by atoms with van der Waals surface area (Å²) < 4.78 is 78.3. The standard InChI is InChI=1S/C26H27F4N7O3S/c1-15-7-21(4-6-37(15)24(38)16-3-5-31-23(8-16)35-41(2,39)40)36-13-17-12-32-25(34-22(17)14-36)33-20-10-18(26(28,29)30)9-19(27)11-20/h3,5,8-12,15,21H,4,6-7,13-14H2,1-2H3,(H,31,35)(H,32,33,34)/t15-,21-/m1/s1. The van der Waals surface area contributed by atoms with Gasteiger partial charge in [-0.2, -0.15) is 13.2 Å². The summed E-state index contributed by atoms with van der Waals surface area (Å²) in [6, 6.07) is 5.19. The molecule has 2 N–H and O–H groups in total. The van der Waals surface area contributed by atoms with E-state index in [4.69, 9.17) is 0 Å². The highest BCUT2D eigenvalue weighted by atomic mass is 32.2. The number of likely N-dealkylation sites (tertiary alicyclic amines) is 1. The van der Waals surface area contributed by atoms with Crippen LogP contribution in [0.3, 0.4) is 0 Å². The average Bonchev–Trinajstić information content (AvgIpc) is 3.30. The van der Waals surface area contributed by atoms with Crippen molar-refractivity contribution in [3.8, 4) is 0 Å². The van der Waals surface area contributed by atoms with Crippen LogP contribution in [-0.4, -0.2) is 64.0 Å². The van der Waals surface area contributed by atoms with Crippen molar-refractivity contribution >= 4 is 33.4 Å². The third-order valence-electron chi connectivity index (χ3n) is 7.08. The third-order valence-corrected chi connectivity index (χ3v) is 7.66. The summed E-state index contributed by atoms with van der Waals surface area (Å²) in [5.41, 5.74) is 0.733. The quantitative estimate of drug-likeness (QED) is 0.409. The average molecular weight is 594 g/mol. The van der Waals surface area contributed by atoms with Crippen LogP contribution in [0.25, 0.3) is 0 Å². The Morgan fingerprint density at radius 2 is 1.90 bits per heavy atom. The van der Waals surface area contributed by atoms with Gasteiger partial charge in [0.05, 0.1) is 17.5 Å². The van der Waals surface area contributed by atoms with Crippen LogP contribution >= 0.6 is 0 Å². The number of benzene rings is 1. The van der Waals surface area contributed by atoms with Crippen molar-refractivity contribution in [1.82, 2.24) is 24.8 Å². The topological polar surface area (TPSA) is 120 Å². The lowest BCUT2D eigenvalue weighted by Crippen LogP contribution is -2.50. The van der Waals surface area contributed by atoms with Crippen LogP contribution < -0.4 is 10.0 Å². The number of pyridine rings is 1. The maximum Gasteiger partial charge on any atom is 0.416 e. The SMILES string of the molecule is C[C@@H]1C[C@H](N2Cc3cnc(Nc4cc(F)cc(C(F)(F)F)c4)nc3C2)CCN1C(=O)c1ccnc(NS(C)(=O)=O)c1. The van der Waals surface area contributed by atoms with E-state index in [0.717, 1.165) is 29.6 Å². The van der Waals surface area contributed by atoms with E-state index >= 15 is 0 Å². The summed E-state index contributed by atoms with van der Waals surface area (Å²) in [6.07, 6.45) is 0.710. The molecular weight excluding hydrogens is 566 g/mol. The van der Waals surface area contributed by atoms with Crippen LogP contribution in [0.1, 0.15) is 46.9 Å². The third kappa shape index (κ3) is 6.73. The number of sulfonamides is 1. The second-order valence-electron chi connectivity index (χ2n) is 10.3. The minimum Gasteiger partial charge on any atom is -0.336 e. The van der Waals surface area contributed by atoms with Gasteiger partial charge in [-0.05, 0) is 50.1 Å². The van der Waals surface area contributed by atoms with Gasteiger partial charge in [0.2, 0.25) is 16.0 Å². The van der Waals surface area contributed by atoms with Gasteiger partial charge >= 0.3 is 6.18 Å². The molecule has 0 saturated carbocycles. The first-order valence-electron chi connectivity index (χ1n) is 12.7. The zero-order valence-electron chi connectivity index (χ0n) is 22.1. The zero-order valence-corrected chi connectivity index (χ0v) is 22.9. The predicted octanol–water partition coefficient (Wildman–Crippen LogP) is 4.15. The number of nitrogens with one attached hydrogen (secondary N) is 2. The maximum absolute atomic E-state index is 13.8. The minimum absolute atomic E-state index is 0.0696. The maximum atomic E-state index is 13.8. The first-order chi connectivity index (χ1) is 19.2. The molecule has 2 aliphatic heterocycles. The Balaban J connectivity index is 1.22. The molecule has 0 aliphatic carbocycles. The molecule has 4 heterocycles. The lowest BCUT2D eigenvalue weighted by molar-refractivity contribution is -0.137. The first kappa shape index (κ1) is 28.7. The van der Waals surface area contributed by atoms with Gasteiger partial charge in [-0.15, -0.1) is 0 Å². The van der Waals surface area contributed by atoms with E-state index in [1.54, 1.807) is 17.2 Å². The number of fused-ring (bicyclic) bond motifs is 1. The van der Waals surface area contributed by atoms with Crippen LogP contribution in [0.15, 0.2) is 42.7 Å². The van der Waals surface area contributed by atoms with Gasteiger partial charge < -0.3 is 10.2 Å². The number of aromatic nitrogens is 3. The number of carbonyl (C=O) groups is 1. The van der Waals surface area contributed by atoms with E-state index < -0.39 is 27.6 Å². The van der Waals surface area contributed by atoms with E-state index in [2.05, 4.69) is 29.9 Å². The van der Waals surface area contributed by atoms with Crippen molar-refractivity contribution in [2.75, 3.05) is 22.8 Å². The lowest BCUT2D eigenvalue weighted by atomic mass is 9.96. The molecule has 1 fully saturated rings. The summed E-state index contributed by atoms with van der Waals surface area (Å²) in [5, 5.41) is 2.67. The van der Waals surface area contributed by atoms with Gasteiger partial charge in [0.25, 0.3) is 5.91 Å². The molecule has 15 heteroatoms. The van der Waals surface area contributed by atoms with Gasteiger partial charge in [-0.25, -0.2) is 27.8 Å². The Hall–Kier alpha value is -3.85. The molecule has 218 valence electrons. The van der Waals surface area contributed by atoms with Crippen LogP contribution in [-0.2, 0) is 29.3 Å². The van der Waals surface area contributed by atoms with E-state index in [9.17, 15) is 30.8 Å². The Morgan fingerprint density at radius 1 is 1.12 bits per heavy atom. The first-order valence-corrected chi connectivity index (χ1v) is 14.6. The van der Waals surface area contributed by atoms with Crippen LogP contribution in [0.4, 0.5) is 35.0 Å². The summed E-state index contributed by atoms with van der Waals surface area (Å²) >= 11 is 0. The molecule has 1 saturated heterocycles. The molecular formula is C26H27F4N7O3S. The van der Waals surface area contributed by atoms with Gasteiger partial charge in [-0.3, -0.25) is 14.4 Å². The molecule has 0 radical (unpaired) electrons.